The Labute approximate surface area is 148 Å². The highest BCUT2D eigenvalue weighted by molar-refractivity contribution is 7.90. The quantitative estimate of drug-likeness (QED) is 0.828. The lowest BCUT2D eigenvalue weighted by atomic mass is 10.1. The maximum absolute atomic E-state index is 12.0. The molecule has 2 rings (SSSR count). The Bertz CT molecular complexity index is 831. The van der Waals surface area contributed by atoms with Crippen LogP contribution in [-0.2, 0) is 22.9 Å². The zero-order valence-electron chi connectivity index (χ0n) is 14.6. The van der Waals surface area contributed by atoms with Gasteiger partial charge < -0.3 is 15.5 Å². The zero-order valence-corrected chi connectivity index (χ0v) is 15.4. The van der Waals surface area contributed by atoms with Crippen LogP contribution in [0.5, 0.6) is 0 Å². The molecular weight excluding hydrogens is 338 g/mol. The number of hydrogen-bond acceptors (Lipinski definition) is 4. The smallest absolute Gasteiger partial charge is 0.319 e. The van der Waals surface area contributed by atoms with E-state index in [0.717, 1.165) is 18.4 Å². The summed E-state index contributed by atoms with van der Waals surface area (Å²) in [5.41, 5.74) is 2.73. The van der Waals surface area contributed by atoms with E-state index in [2.05, 4.69) is 21.6 Å². The largest absolute Gasteiger partial charge is 0.334 e. The summed E-state index contributed by atoms with van der Waals surface area (Å²) >= 11 is 0. The van der Waals surface area contributed by atoms with E-state index in [0.29, 0.717) is 12.2 Å². The molecule has 0 aliphatic heterocycles. The minimum Gasteiger partial charge on any atom is -0.334 e. The van der Waals surface area contributed by atoms with Gasteiger partial charge in [0.2, 0.25) is 0 Å². The van der Waals surface area contributed by atoms with Crippen molar-refractivity contribution in [1.29, 1.82) is 0 Å². The van der Waals surface area contributed by atoms with E-state index < -0.39 is 9.84 Å². The molecule has 25 heavy (non-hydrogen) atoms. The first-order valence-corrected chi connectivity index (χ1v) is 9.71. The maximum Gasteiger partial charge on any atom is 0.319 e. The van der Waals surface area contributed by atoms with Crippen molar-refractivity contribution in [1.82, 2.24) is 10.2 Å². The fourth-order valence-electron chi connectivity index (χ4n) is 2.35. The molecule has 0 radical (unpaired) electrons. The van der Waals surface area contributed by atoms with Crippen molar-refractivity contribution in [2.24, 2.45) is 0 Å². The van der Waals surface area contributed by atoms with Crippen LogP contribution in [0, 0.1) is 0 Å². The van der Waals surface area contributed by atoms with Crippen LogP contribution < -0.4 is 10.6 Å². The van der Waals surface area contributed by atoms with Crippen LogP contribution in [-0.4, -0.2) is 39.7 Å². The highest BCUT2D eigenvalue weighted by Gasteiger charge is 2.07. The molecule has 0 fully saturated rings. The van der Waals surface area contributed by atoms with Crippen molar-refractivity contribution in [3.63, 3.8) is 0 Å². The predicted molar refractivity (Wildman–Crippen MR) is 99.2 cm³/mol. The predicted octanol–water partition coefficient (Wildman–Crippen LogP) is 2.47. The second kappa shape index (κ2) is 8.13. The fourth-order valence-corrected chi connectivity index (χ4v) is 2.98. The molecule has 134 valence electrons. The Morgan fingerprint density at radius 1 is 1.04 bits per heavy atom. The van der Waals surface area contributed by atoms with Gasteiger partial charge in [-0.05, 0) is 49.5 Å². The molecule has 2 aromatic carbocycles. The van der Waals surface area contributed by atoms with Gasteiger partial charge in [0.1, 0.15) is 0 Å². The van der Waals surface area contributed by atoms with Crippen LogP contribution >= 0.6 is 0 Å². The number of amides is 2. The van der Waals surface area contributed by atoms with Crippen LogP contribution in [0.3, 0.4) is 0 Å². The van der Waals surface area contributed by atoms with Gasteiger partial charge in [-0.1, -0.05) is 24.3 Å². The number of nitrogens with zero attached hydrogens (tertiary/aromatic N) is 1. The third-order valence-corrected chi connectivity index (χ3v) is 4.61. The second-order valence-electron chi connectivity index (χ2n) is 6.16. The van der Waals surface area contributed by atoms with E-state index in [1.165, 1.54) is 17.7 Å². The van der Waals surface area contributed by atoms with Gasteiger partial charge in [0, 0.05) is 25.0 Å². The summed E-state index contributed by atoms with van der Waals surface area (Å²) in [4.78, 5) is 14.3. The number of urea groups is 1. The highest BCUT2D eigenvalue weighted by atomic mass is 32.2. The van der Waals surface area contributed by atoms with Crippen LogP contribution in [0.1, 0.15) is 11.1 Å². The van der Waals surface area contributed by atoms with Crippen molar-refractivity contribution in [3.05, 3.63) is 59.7 Å². The molecule has 7 heteroatoms. The van der Waals surface area contributed by atoms with E-state index in [1.807, 2.05) is 32.3 Å². The summed E-state index contributed by atoms with van der Waals surface area (Å²) in [5.74, 6) is 0. The van der Waals surface area contributed by atoms with Crippen LogP contribution in [0.4, 0.5) is 10.5 Å². The Kier molecular flexibility index (Phi) is 6.17. The molecule has 2 aromatic rings. The molecule has 0 atom stereocenters. The SMILES string of the molecule is CN(C)Cc1cccc(CNC(=O)Nc2ccc(S(C)(=O)=O)cc2)c1. The first-order valence-electron chi connectivity index (χ1n) is 7.81. The average Bonchev–Trinajstić information content (AvgIpc) is 2.52. The maximum atomic E-state index is 12.0. The number of carbonyl (C=O) groups excluding carboxylic acids is 1. The molecule has 0 aliphatic rings. The summed E-state index contributed by atoms with van der Waals surface area (Å²) < 4.78 is 22.8. The van der Waals surface area contributed by atoms with E-state index in [4.69, 9.17) is 0 Å². The summed E-state index contributed by atoms with van der Waals surface area (Å²) in [6.07, 6.45) is 1.15. The average molecular weight is 361 g/mol. The summed E-state index contributed by atoms with van der Waals surface area (Å²) in [6, 6.07) is 13.8. The summed E-state index contributed by atoms with van der Waals surface area (Å²) in [7, 11) is 0.776. The lowest BCUT2D eigenvalue weighted by Gasteiger charge is -2.12. The molecule has 0 heterocycles. The fraction of sp³-hybridized carbons (Fsp3) is 0.278. The molecule has 0 saturated heterocycles. The van der Waals surface area contributed by atoms with Crippen LogP contribution in [0.2, 0.25) is 0 Å². The molecule has 0 bridgehead atoms. The topological polar surface area (TPSA) is 78.5 Å². The third-order valence-electron chi connectivity index (χ3n) is 3.48. The van der Waals surface area contributed by atoms with Crippen molar-refractivity contribution in [2.75, 3.05) is 25.7 Å². The van der Waals surface area contributed by atoms with Gasteiger partial charge in [0.15, 0.2) is 9.84 Å². The highest BCUT2D eigenvalue weighted by Crippen LogP contribution is 2.14. The monoisotopic (exact) mass is 361 g/mol. The normalized spacial score (nSPS) is 11.4. The molecular formula is C18H23N3O3S. The van der Waals surface area contributed by atoms with E-state index >= 15 is 0 Å². The lowest BCUT2D eigenvalue weighted by Crippen LogP contribution is -2.28. The van der Waals surface area contributed by atoms with Crippen molar-refractivity contribution >= 4 is 21.6 Å². The first kappa shape index (κ1) is 19.0. The number of carbonyl (C=O) groups is 1. The van der Waals surface area contributed by atoms with Gasteiger partial charge in [-0.25, -0.2) is 13.2 Å². The van der Waals surface area contributed by atoms with Gasteiger partial charge in [-0.15, -0.1) is 0 Å². The number of nitrogens with one attached hydrogen (secondary N) is 2. The number of benzene rings is 2. The first-order chi connectivity index (χ1) is 11.7. The summed E-state index contributed by atoms with van der Waals surface area (Å²) in [6.45, 7) is 1.25. The minimum absolute atomic E-state index is 0.219. The molecule has 2 amide bonds. The van der Waals surface area contributed by atoms with Gasteiger partial charge >= 0.3 is 6.03 Å². The zero-order chi connectivity index (χ0) is 18.4. The molecule has 0 spiro atoms. The second-order valence-corrected chi connectivity index (χ2v) is 8.18. The van der Waals surface area contributed by atoms with E-state index in [1.54, 1.807) is 12.1 Å². The Morgan fingerprint density at radius 3 is 2.28 bits per heavy atom. The molecule has 0 aliphatic carbocycles. The van der Waals surface area contributed by atoms with Gasteiger partial charge in [-0.3, -0.25) is 0 Å². The van der Waals surface area contributed by atoms with Gasteiger partial charge in [0.05, 0.1) is 4.90 Å². The number of rotatable bonds is 6. The Morgan fingerprint density at radius 2 is 1.68 bits per heavy atom. The molecule has 0 aromatic heterocycles. The molecule has 2 N–H and O–H groups in total. The Hall–Kier alpha value is -2.38. The van der Waals surface area contributed by atoms with Crippen LogP contribution in [0.15, 0.2) is 53.4 Å². The standard InChI is InChI=1S/C18H23N3O3S/c1-21(2)13-15-6-4-5-14(11-15)12-19-18(22)20-16-7-9-17(10-8-16)25(3,23)24/h4-11H,12-13H2,1-3H3,(H2,19,20,22). The van der Waals surface area contributed by atoms with Crippen molar-refractivity contribution < 1.29 is 13.2 Å². The number of anilines is 1. The lowest BCUT2D eigenvalue weighted by molar-refractivity contribution is 0.251. The molecule has 6 nitrogen and oxygen atoms in total. The van der Waals surface area contributed by atoms with Gasteiger partial charge in [-0.2, -0.15) is 0 Å². The minimum atomic E-state index is -3.24. The molecule has 0 unspecified atom stereocenters. The van der Waals surface area contributed by atoms with Crippen LogP contribution in [0.25, 0.3) is 0 Å². The number of sulfone groups is 1. The summed E-state index contributed by atoms with van der Waals surface area (Å²) in [5, 5.41) is 5.48. The van der Waals surface area contributed by atoms with E-state index in [-0.39, 0.29) is 10.9 Å². The van der Waals surface area contributed by atoms with Crippen molar-refractivity contribution in [3.8, 4) is 0 Å². The number of hydrogen-bond donors (Lipinski definition) is 2. The Balaban J connectivity index is 1.90. The van der Waals surface area contributed by atoms with E-state index in [9.17, 15) is 13.2 Å². The third kappa shape index (κ3) is 6.21. The van der Waals surface area contributed by atoms with Gasteiger partial charge in [0.25, 0.3) is 0 Å². The molecule has 0 saturated carbocycles. The van der Waals surface area contributed by atoms with Crippen molar-refractivity contribution in [2.45, 2.75) is 18.0 Å².